The second-order valence-electron chi connectivity index (χ2n) is 7.79. The van der Waals surface area contributed by atoms with E-state index in [-0.39, 0.29) is 11.7 Å². The van der Waals surface area contributed by atoms with Gasteiger partial charge in [-0.1, -0.05) is 12.1 Å². The highest BCUT2D eigenvalue weighted by Gasteiger charge is 2.42. The molecule has 0 saturated carbocycles. The maximum atomic E-state index is 13.1. The standard InChI is InChI=1S/C23H21N3O3/c27-20-15-23(29-21-5-2-1-4-17(20)21)8-3-12-26(13-9-23)22(28)16-6-7-18-19(14-16)25-11-10-24-18/h1-2,4-7,10-11,14H,3,8-9,12-13,15H2. The number of hydrogen-bond donors (Lipinski definition) is 0. The third-order valence-electron chi connectivity index (χ3n) is 5.90. The maximum Gasteiger partial charge on any atom is 0.253 e. The molecular weight excluding hydrogens is 366 g/mol. The highest BCUT2D eigenvalue weighted by atomic mass is 16.5. The SMILES string of the molecule is O=C1CC2(CCCN(C(=O)c3ccc4nccnc4c3)CC2)Oc2ccccc21. The van der Waals surface area contributed by atoms with Gasteiger partial charge >= 0.3 is 0 Å². The van der Waals surface area contributed by atoms with Crippen LogP contribution < -0.4 is 4.74 Å². The Bertz CT molecular complexity index is 1110. The summed E-state index contributed by atoms with van der Waals surface area (Å²) in [5.74, 6) is 0.772. The molecule has 3 heterocycles. The normalized spacial score (nSPS) is 21.5. The molecule has 1 unspecified atom stereocenters. The molecule has 6 heteroatoms. The van der Waals surface area contributed by atoms with Crippen LogP contribution in [0.25, 0.3) is 11.0 Å². The minimum atomic E-state index is -0.519. The van der Waals surface area contributed by atoms with E-state index in [2.05, 4.69) is 9.97 Å². The van der Waals surface area contributed by atoms with Gasteiger partial charge in [0.05, 0.1) is 23.0 Å². The number of fused-ring (bicyclic) bond motifs is 2. The summed E-state index contributed by atoms with van der Waals surface area (Å²) in [7, 11) is 0. The predicted octanol–water partition coefficient (Wildman–Crippen LogP) is 3.66. The highest BCUT2D eigenvalue weighted by Crippen LogP contribution is 2.39. The summed E-state index contributed by atoms with van der Waals surface area (Å²) in [6.45, 7) is 1.21. The van der Waals surface area contributed by atoms with Crippen LogP contribution in [0, 0.1) is 0 Å². The number of carbonyl (C=O) groups excluding carboxylic acids is 2. The first-order valence-corrected chi connectivity index (χ1v) is 9.95. The fourth-order valence-corrected chi connectivity index (χ4v) is 4.37. The Kier molecular flexibility index (Phi) is 4.27. The molecule has 0 N–H and O–H groups in total. The molecule has 5 rings (SSSR count). The summed E-state index contributed by atoms with van der Waals surface area (Å²) in [5, 5.41) is 0. The van der Waals surface area contributed by atoms with E-state index >= 15 is 0 Å². The van der Waals surface area contributed by atoms with Crippen LogP contribution in [-0.4, -0.2) is 45.2 Å². The molecule has 0 aliphatic carbocycles. The number of ketones is 1. The van der Waals surface area contributed by atoms with Crippen molar-refractivity contribution in [2.75, 3.05) is 13.1 Å². The summed E-state index contributed by atoms with van der Waals surface area (Å²) < 4.78 is 6.33. The molecule has 2 aromatic carbocycles. The summed E-state index contributed by atoms with van der Waals surface area (Å²) in [4.78, 5) is 36.2. The molecule has 3 aromatic rings. The summed E-state index contributed by atoms with van der Waals surface area (Å²) in [6, 6.07) is 12.9. The third-order valence-corrected chi connectivity index (χ3v) is 5.90. The van der Waals surface area contributed by atoms with Crippen molar-refractivity contribution in [2.24, 2.45) is 0 Å². The van der Waals surface area contributed by atoms with Gasteiger partial charge in [-0.2, -0.15) is 0 Å². The van der Waals surface area contributed by atoms with Crippen molar-refractivity contribution in [3.05, 3.63) is 66.0 Å². The van der Waals surface area contributed by atoms with Gasteiger partial charge in [-0.3, -0.25) is 19.6 Å². The van der Waals surface area contributed by atoms with Crippen LogP contribution in [0.15, 0.2) is 54.9 Å². The molecule has 2 aliphatic rings. The fraction of sp³-hybridized carbons (Fsp3) is 0.304. The topological polar surface area (TPSA) is 72.4 Å². The molecule has 2 aliphatic heterocycles. The average molecular weight is 387 g/mol. The summed E-state index contributed by atoms with van der Waals surface area (Å²) in [5.41, 5.74) is 2.23. The Morgan fingerprint density at radius 1 is 1.00 bits per heavy atom. The van der Waals surface area contributed by atoms with E-state index in [4.69, 9.17) is 4.74 Å². The van der Waals surface area contributed by atoms with Gasteiger partial charge < -0.3 is 9.64 Å². The van der Waals surface area contributed by atoms with Crippen molar-refractivity contribution in [2.45, 2.75) is 31.3 Å². The molecular formula is C23H21N3O3. The van der Waals surface area contributed by atoms with Gasteiger partial charge in [0.15, 0.2) is 5.78 Å². The van der Waals surface area contributed by atoms with E-state index in [9.17, 15) is 9.59 Å². The lowest BCUT2D eigenvalue weighted by Crippen LogP contribution is -2.43. The van der Waals surface area contributed by atoms with E-state index < -0.39 is 5.60 Å². The van der Waals surface area contributed by atoms with Gasteiger partial charge in [0.25, 0.3) is 5.91 Å². The first-order chi connectivity index (χ1) is 14.1. The van der Waals surface area contributed by atoms with Crippen LogP contribution in [0.1, 0.15) is 46.4 Å². The van der Waals surface area contributed by atoms with Gasteiger partial charge in [0.2, 0.25) is 0 Å². The van der Waals surface area contributed by atoms with Crippen LogP contribution in [0.2, 0.25) is 0 Å². The largest absolute Gasteiger partial charge is 0.486 e. The summed E-state index contributed by atoms with van der Waals surface area (Å²) in [6.07, 6.45) is 5.85. The molecule has 146 valence electrons. The van der Waals surface area contributed by atoms with E-state index in [0.29, 0.717) is 48.3 Å². The number of Topliss-reactive ketones (excluding diaryl/α,β-unsaturated/α-hetero) is 1. The molecule has 6 nitrogen and oxygen atoms in total. The Morgan fingerprint density at radius 2 is 1.83 bits per heavy atom. The number of likely N-dealkylation sites (tertiary alicyclic amines) is 1. The number of rotatable bonds is 1. The molecule has 1 saturated heterocycles. The molecule has 1 spiro atoms. The minimum absolute atomic E-state index is 0.0165. The Balaban J connectivity index is 1.36. The first-order valence-electron chi connectivity index (χ1n) is 9.95. The van der Waals surface area contributed by atoms with Crippen molar-refractivity contribution in [3.63, 3.8) is 0 Å². The highest BCUT2D eigenvalue weighted by molar-refractivity contribution is 6.00. The predicted molar refractivity (Wildman–Crippen MR) is 108 cm³/mol. The number of nitrogens with zero attached hydrogens (tertiary/aromatic N) is 3. The Labute approximate surface area is 168 Å². The summed E-state index contributed by atoms with van der Waals surface area (Å²) >= 11 is 0. The lowest BCUT2D eigenvalue weighted by Gasteiger charge is -2.37. The molecule has 0 radical (unpaired) electrons. The monoisotopic (exact) mass is 387 g/mol. The van der Waals surface area contributed by atoms with Crippen LogP contribution in [-0.2, 0) is 0 Å². The Hall–Kier alpha value is -3.28. The molecule has 1 atom stereocenters. The zero-order chi connectivity index (χ0) is 19.8. The number of carbonyl (C=O) groups is 2. The maximum absolute atomic E-state index is 13.1. The number of para-hydroxylation sites is 1. The fourth-order valence-electron chi connectivity index (χ4n) is 4.37. The van der Waals surface area contributed by atoms with E-state index in [1.807, 2.05) is 35.2 Å². The van der Waals surface area contributed by atoms with Gasteiger partial charge in [-0.05, 0) is 43.2 Å². The van der Waals surface area contributed by atoms with Gasteiger partial charge in [-0.15, -0.1) is 0 Å². The number of amides is 1. The number of aromatic nitrogens is 2. The van der Waals surface area contributed by atoms with Crippen LogP contribution in [0.5, 0.6) is 5.75 Å². The second kappa shape index (κ2) is 6.95. The molecule has 1 amide bonds. The Morgan fingerprint density at radius 3 is 2.72 bits per heavy atom. The van der Waals surface area contributed by atoms with Crippen LogP contribution >= 0.6 is 0 Å². The minimum Gasteiger partial charge on any atom is -0.486 e. The van der Waals surface area contributed by atoms with Gasteiger partial charge in [0.1, 0.15) is 11.4 Å². The van der Waals surface area contributed by atoms with Crippen molar-refractivity contribution in [3.8, 4) is 5.75 Å². The zero-order valence-electron chi connectivity index (χ0n) is 16.0. The van der Waals surface area contributed by atoms with Crippen molar-refractivity contribution in [1.29, 1.82) is 0 Å². The molecule has 29 heavy (non-hydrogen) atoms. The smallest absolute Gasteiger partial charge is 0.253 e. The first kappa shape index (κ1) is 17.8. The van der Waals surface area contributed by atoms with E-state index in [1.54, 1.807) is 24.5 Å². The lowest BCUT2D eigenvalue weighted by atomic mass is 9.84. The van der Waals surface area contributed by atoms with Crippen molar-refractivity contribution >= 4 is 22.7 Å². The van der Waals surface area contributed by atoms with E-state index in [0.717, 1.165) is 18.4 Å². The molecule has 1 aromatic heterocycles. The van der Waals surface area contributed by atoms with Gasteiger partial charge in [0, 0.05) is 37.5 Å². The zero-order valence-corrected chi connectivity index (χ0v) is 16.0. The molecule has 1 fully saturated rings. The number of ether oxygens (including phenoxy) is 1. The average Bonchev–Trinajstić information content (AvgIpc) is 2.95. The van der Waals surface area contributed by atoms with E-state index in [1.165, 1.54) is 0 Å². The second-order valence-corrected chi connectivity index (χ2v) is 7.79. The van der Waals surface area contributed by atoms with Crippen LogP contribution in [0.4, 0.5) is 0 Å². The molecule has 0 bridgehead atoms. The van der Waals surface area contributed by atoms with Crippen molar-refractivity contribution in [1.82, 2.24) is 14.9 Å². The number of hydrogen-bond acceptors (Lipinski definition) is 5. The van der Waals surface area contributed by atoms with Gasteiger partial charge in [-0.25, -0.2) is 0 Å². The number of benzene rings is 2. The van der Waals surface area contributed by atoms with Crippen molar-refractivity contribution < 1.29 is 14.3 Å². The third kappa shape index (κ3) is 3.24. The lowest BCUT2D eigenvalue weighted by molar-refractivity contribution is 0.0300. The van der Waals surface area contributed by atoms with Crippen LogP contribution in [0.3, 0.4) is 0 Å². The quantitative estimate of drug-likeness (QED) is 0.637.